The molecule has 3 N–H and O–H groups in total. The average molecular weight is 886 g/mol. The normalized spacial score (nSPS) is 11.5. The van der Waals surface area contributed by atoms with Crippen molar-refractivity contribution in [2.45, 2.75) is 0 Å². The van der Waals surface area contributed by atoms with Crippen LogP contribution in [-0.2, 0) is 0 Å². The van der Waals surface area contributed by atoms with Crippen LogP contribution in [0.4, 0.5) is 0 Å². The number of rotatable bonds is 9. The molecule has 0 fully saturated rings. The summed E-state index contributed by atoms with van der Waals surface area (Å²) >= 11 is 0. The number of benzene rings is 7. The van der Waals surface area contributed by atoms with Crippen molar-refractivity contribution in [1.82, 2.24) is 44.9 Å². The first-order valence-corrected chi connectivity index (χ1v) is 22.9. The Balaban J connectivity index is 0.958. The molecule has 9 nitrogen and oxygen atoms in total. The molecule has 13 aromatic rings. The van der Waals surface area contributed by atoms with Crippen LogP contribution >= 0.6 is 0 Å². The fourth-order valence-electron chi connectivity index (χ4n) is 9.43. The minimum absolute atomic E-state index is 0.590. The van der Waals surface area contributed by atoms with E-state index in [1.807, 2.05) is 42.5 Å². The molecule has 6 heterocycles. The molecule has 0 amide bonds. The molecular weight excluding hydrogens is 847 g/mol. The lowest BCUT2D eigenvalue weighted by Crippen LogP contribution is -1.94. The highest BCUT2D eigenvalue weighted by molar-refractivity contribution is 5.96. The van der Waals surface area contributed by atoms with E-state index in [1.54, 1.807) is 0 Å². The lowest BCUT2D eigenvalue weighted by molar-refractivity contribution is 1.26. The first-order valence-electron chi connectivity index (χ1n) is 22.9. The van der Waals surface area contributed by atoms with Crippen LogP contribution in [0.25, 0.3) is 135 Å². The number of hydrogen-bond donors (Lipinski definition) is 3. The number of pyridine rings is 3. The summed E-state index contributed by atoms with van der Waals surface area (Å²) in [6.07, 6.45) is 0. The van der Waals surface area contributed by atoms with Crippen LogP contribution in [0.15, 0.2) is 218 Å². The molecule has 13 rings (SSSR count). The molecule has 69 heavy (non-hydrogen) atoms. The van der Waals surface area contributed by atoms with Gasteiger partial charge >= 0.3 is 0 Å². The van der Waals surface area contributed by atoms with Crippen LogP contribution in [0.2, 0.25) is 0 Å². The number of aromatic nitrogens is 9. The second-order valence-corrected chi connectivity index (χ2v) is 16.9. The van der Waals surface area contributed by atoms with Gasteiger partial charge in [-0.05, 0) is 69.8 Å². The van der Waals surface area contributed by atoms with E-state index in [0.29, 0.717) is 34.4 Å². The largest absolute Gasteiger partial charge is 0.337 e. The molecule has 0 aliphatic heterocycles. The number of imidazole rings is 3. The first kappa shape index (κ1) is 39.7. The third-order valence-electron chi connectivity index (χ3n) is 12.7. The number of hydrogen-bond acceptors (Lipinski definition) is 6. The van der Waals surface area contributed by atoms with Crippen molar-refractivity contribution in [1.29, 1.82) is 0 Å². The quantitative estimate of drug-likeness (QED) is 0.133. The monoisotopic (exact) mass is 885 g/mol. The van der Waals surface area contributed by atoms with Crippen molar-refractivity contribution >= 4 is 33.5 Å². The van der Waals surface area contributed by atoms with Gasteiger partial charge in [-0.25, -0.2) is 29.9 Å². The fraction of sp³-hybridized carbons (Fsp3) is 0. The van der Waals surface area contributed by atoms with Gasteiger partial charge in [-0.15, -0.1) is 0 Å². The van der Waals surface area contributed by atoms with Gasteiger partial charge in [0.2, 0.25) is 0 Å². The summed E-state index contributed by atoms with van der Waals surface area (Å²) in [5, 5.41) is 0. The molecule has 0 aliphatic rings. The molecule has 0 atom stereocenters. The van der Waals surface area contributed by atoms with Gasteiger partial charge in [0.25, 0.3) is 0 Å². The molecule has 0 radical (unpaired) electrons. The van der Waals surface area contributed by atoms with Crippen molar-refractivity contribution in [3.8, 4) is 101 Å². The van der Waals surface area contributed by atoms with Crippen LogP contribution in [-0.4, -0.2) is 44.9 Å². The first-order chi connectivity index (χ1) is 34.2. The van der Waals surface area contributed by atoms with Crippen LogP contribution in [0.3, 0.4) is 0 Å². The Labute approximate surface area is 396 Å². The molecule has 0 bridgehead atoms. The summed E-state index contributed by atoms with van der Waals surface area (Å²) in [5.41, 5.74) is 18.9. The molecule has 9 heteroatoms. The smallest absolute Gasteiger partial charge is 0.178 e. The molecule has 0 unspecified atom stereocenters. The molecule has 324 valence electrons. The van der Waals surface area contributed by atoms with E-state index in [9.17, 15) is 0 Å². The summed E-state index contributed by atoms with van der Waals surface area (Å²) < 4.78 is 0. The van der Waals surface area contributed by atoms with E-state index in [0.717, 1.165) is 100 Å². The topological polar surface area (TPSA) is 125 Å². The van der Waals surface area contributed by atoms with Crippen molar-refractivity contribution in [3.05, 3.63) is 218 Å². The Morgan fingerprint density at radius 3 is 0.870 bits per heavy atom. The maximum absolute atomic E-state index is 5.26. The van der Waals surface area contributed by atoms with Crippen LogP contribution < -0.4 is 0 Å². The van der Waals surface area contributed by atoms with Gasteiger partial charge in [-0.2, -0.15) is 0 Å². The van der Waals surface area contributed by atoms with Gasteiger partial charge in [0.1, 0.15) is 17.5 Å². The summed E-state index contributed by atoms with van der Waals surface area (Å²) in [6, 6.07) is 74.7. The maximum atomic E-state index is 5.26. The number of nitrogens with zero attached hydrogens (tertiary/aromatic N) is 6. The zero-order chi connectivity index (χ0) is 45.7. The summed E-state index contributed by atoms with van der Waals surface area (Å²) in [4.78, 5) is 42.0. The minimum Gasteiger partial charge on any atom is -0.337 e. The van der Waals surface area contributed by atoms with E-state index in [2.05, 4.69) is 191 Å². The average Bonchev–Trinajstić information content (AvgIpc) is 4.18. The van der Waals surface area contributed by atoms with Crippen molar-refractivity contribution in [2.75, 3.05) is 0 Å². The maximum Gasteiger partial charge on any atom is 0.178 e. The van der Waals surface area contributed by atoms with Gasteiger partial charge in [0.05, 0.1) is 33.6 Å². The van der Waals surface area contributed by atoms with Crippen LogP contribution in [0.1, 0.15) is 0 Å². The zero-order valence-corrected chi connectivity index (χ0v) is 37.0. The SMILES string of the molecule is c1ccc(-c2ccccc2-c2ccc3[nH]c(-c4cccc(-c5nc6nc(-c7ccccc7-c7ccccc7)ccc6[nH]5)c4-c4nc5nc(-c6ccccc6-c6ccccc6)ccc5[nH]4)nc3n2)cc1. The third-order valence-corrected chi connectivity index (χ3v) is 12.7. The molecule has 6 aromatic heterocycles. The lowest BCUT2D eigenvalue weighted by atomic mass is 9.97. The predicted molar refractivity (Wildman–Crippen MR) is 278 cm³/mol. The number of nitrogens with one attached hydrogen (secondary N) is 3. The highest BCUT2D eigenvalue weighted by atomic mass is 15.0. The Bertz CT molecular complexity index is 3840. The second kappa shape index (κ2) is 16.7. The Morgan fingerprint density at radius 1 is 0.217 bits per heavy atom. The number of H-pyrrole nitrogens is 3. The van der Waals surface area contributed by atoms with E-state index >= 15 is 0 Å². The lowest BCUT2D eigenvalue weighted by Gasteiger charge is -2.10. The van der Waals surface area contributed by atoms with Crippen molar-refractivity contribution in [3.63, 3.8) is 0 Å². The summed E-state index contributed by atoms with van der Waals surface area (Å²) in [6.45, 7) is 0. The number of fused-ring (bicyclic) bond motifs is 3. The van der Waals surface area contributed by atoms with Crippen LogP contribution in [0.5, 0.6) is 0 Å². The highest BCUT2D eigenvalue weighted by Gasteiger charge is 2.23. The Hall–Kier alpha value is -9.60. The van der Waals surface area contributed by atoms with Gasteiger partial charge in [-0.1, -0.05) is 182 Å². The van der Waals surface area contributed by atoms with E-state index in [1.165, 1.54) is 0 Å². The molecular formula is C60H39N9. The van der Waals surface area contributed by atoms with Crippen molar-refractivity contribution in [2.24, 2.45) is 0 Å². The predicted octanol–water partition coefficient (Wildman–Crippen LogP) is 14.5. The Morgan fingerprint density at radius 2 is 0.507 bits per heavy atom. The zero-order valence-electron chi connectivity index (χ0n) is 37.0. The van der Waals surface area contributed by atoms with E-state index in [-0.39, 0.29) is 0 Å². The Kier molecular flexibility index (Phi) is 9.61. The van der Waals surface area contributed by atoms with Crippen molar-refractivity contribution < 1.29 is 0 Å². The van der Waals surface area contributed by atoms with Crippen LogP contribution in [0, 0.1) is 0 Å². The van der Waals surface area contributed by atoms with Gasteiger partial charge < -0.3 is 15.0 Å². The van der Waals surface area contributed by atoms with Gasteiger partial charge in [0.15, 0.2) is 16.9 Å². The standard InChI is InChI=1S/C60H39N9/c1-4-17-37(18-5-1)40-23-10-13-26-43(40)48-31-34-51-57(61-48)67-55(64-51)46-29-16-30-47(56-65-52-35-32-49(62-58(52)68-56)44-27-14-11-24-41(44)38-19-6-2-7-20-38)54(46)60-66-53-36-33-50(63-59(53)69-60)45-28-15-12-25-42(45)39-21-8-3-9-22-39/h1-36H,(H,61,64,67)(H,62,65,68)(H,63,66,69). The highest BCUT2D eigenvalue weighted by Crippen LogP contribution is 2.41. The summed E-state index contributed by atoms with van der Waals surface area (Å²) in [7, 11) is 0. The van der Waals surface area contributed by atoms with Gasteiger partial charge in [-0.3, -0.25) is 0 Å². The van der Waals surface area contributed by atoms with E-state index < -0.39 is 0 Å². The second-order valence-electron chi connectivity index (χ2n) is 16.9. The van der Waals surface area contributed by atoms with E-state index in [4.69, 9.17) is 29.9 Å². The molecule has 0 aliphatic carbocycles. The minimum atomic E-state index is 0.590. The third kappa shape index (κ3) is 7.22. The molecule has 0 spiro atoms. The fourth-order valence-corrected chi connectivity index (χ4v) is 9.43. The molecule has 0 saturated heterocycles. The molecule has 7 aromatic carbocycles. The van der Waals surface area contributed by atoms with Gasteiger partial charge in [0, 0.05) is 33.4 Å². The number of aromatic amines is 3. The summed E-state index contributed by atoms with van der Waals surface area (Å²) in [5.74, 6) is 1.90. The molecule has 0 saturated carbocycles.